The highest BCUT2D eigenvalue weighted by molar-refractivity contribution is 6.00. The number of carbonyl (C=O) groups excluding carboxylic acids is 1. The van der Waals surface area contributed by atoms with Crippen molar-refractivity contribution in [3.63, 3.8) is 0 Å². The van der Waals surface area contributed by atoms with E-state index in [1.54, 1.807) is 30.2 Å². The van der Waals surface area contributed by atoms with Crippen LogP contribution in [0.4, 0.5) is 0 Å². The molecule has 0 aliphatic rings. The first-order valence-corrected chi connectivity index (χ1v) is 5.94. The van der Waals surface area contributed by atoms with Crippen molar-refractivity contribution in [2.75, 3.05) is 33.4 Å². The van der Waals surface area contributed by atoms with Gasteiger partial charge in [0.1, 0.15) is 0 Å². The summed E-state index contributed by atoms with van der Waals surface area (Å²) in [6.45, 7) is 1.02. The minimum atomic E-state index is -0.186. The molecule has 0 aliphatic carbocycles. The number of ether oxygens (including phenoxy) is 1. The van der Waals surface area contributed by atoms with E-state index in [-0.39, 0.29) is 19.1 Å². The fourth-order valence-corrected chi connectivity index (χ4v) is 1.81. The molecule has 0 radical (unpaired) electrons. The van der Waals surface area contributed by atoms with Gasteiger partial charge in [0.2, 0.25) is 0 Å². The van der Waals surface area contributed by atoms with Gasteiger partial charge in [-0.15, -0.1) is 0 Å². The van der Waals surface area contributed by atoms with Gasteiger partial charge in [-0.2, -0.15) is 5.10 Å². The topological polar surface area (TPSA) is 80.0 Å². The second-order valence-electron chi connectivity index (χ2n) is 3.97. The zero-order valence-electron chi connectivity index (χ0n) is 10.7. The molecule has 0 fully saturated rings. The van der Waals surface area contributed by atoms with Crippen LogP contribution in [0.25, 0.3) is 5.52 Å². The Kier molecular flexibility index (Phi) is 4.43. The second kappa shape index (κ2) is 6.26. The van der Waals surface area contributed by atoms with Gasteiger partial charge < -0.3 is 14.7 Å². The molecule has 2 rings (SSSR count). The highest BCUT2D eigenvalue weighted by Crippen LogP contribution is 2.11. The van der Waals surface area contributed by atoms with E-state index in [9.17, 15) is 4.79 Å². The number of aliphatic hydroxyl groups excluding tert-OH is 1. The van der Waals surface area contributed by atoms with Gasteiger partial charge >= 0.3 is 0 Å². The lowest BCUT2D eigenvalue weighted by molar-refractivity contribution is 0.0658. The fraction of sp³-hybridized carbons (Fsp3) is 0.417. The number of aromatic nitrogens is 3. The molecular weight excluding hydrogens is 248 g/mol. The van der Waals surface area contributed by atoms with Crippen LogP contribution in [0.15, 0.2) is 24.8 Å². The van der Waals surface area contributed by atoms with Crippen LogP contribution in [0, 0.1) is 0 Å². The Morgan fingerprint density at radius 3 is 3.05 bits per heavy atom. The molecule has 0 unspecified atom stereocenters. The van der Waals surface area contributed by atoms with Crippen molar-refractivity contribution in [3.05, 3.63) is 30.4 Å². The Labute approximate surface area is 110 Å². The molecule has 1 amide bonds. The van der Waals surface area contributed by atoms with Gasteiger partial charge in [-0.05, 0) is 0 Å². The van der Waals surface area contributed by atoms with E-state index in [2.05, 4.69) is 10.1 Å². The highest BCUT2D eigenvalue weighted by Gasteiger charge is 2.19. The molecule has 2 aromatic rings. The van der Waals surface area contributed by atoms with E-state index in [4.69, 9.17) is 9.84 Å². The third kappa shape index (κ3) is 2.88. The minimum Gasteiger partial charge on any atom is -0.395 e. The molecule has 0 spiro atoms. The number of carbonyl (C=O) groups is 1. The Balaban J connectivity index is 2.25. The number of hydrogen-bond donors (Lipinski definition) is 1. The zero-order chi connectivity index (χ0) is 13.7. The van der Waals surface area contributed by atoms with E-state index < -0.39 is 0 Å². The molecule has 7 nitrogen and oxygen atoms in total. The van der Waals surface area contributed by atoms with Gasteiger partial charge in [-0.25, -0.2) is 4.52 Å². The van der Waals surface area contributed by atoms with Crippen molar-refractivity contribution in [2.45, 2.75) is 0 Å². The van der Waals surface area contributed by atoms with E-state index in [0.717, 1.165) is 0 Å². The lowest BCUT2D eigenvalue weighted by atomic mass is 10.2. The third-order valence-corrected chi connectivity index (χ3v) is 2.78. The van der Waals surface area contributed by atoms with Gasteiger partial charge in [0, 0.05) is 32.6 Å². The van der Waals surface area contributed by atoms with Gasteiger partial charge in [-0.3, -0.25) is 9.78 Å². The van der Waals surface area contributed by atoms with Crippen LogP contribution in [0.2, 0.25) is 0 Å². The number of fused-ring (bicyclic) bond motifs is 1. The molecule has 102 valence electrons. The summed E-state index contributed by atoms with van der Waals surface area (Å²) in [4.78, 5) is 17.9. The van der Waals surface area contributed by atoms with Gasteiger partial charge in [-0.1, -0.05) is 0 Å². The van der Waals surface area contributed by atoms with Gasteiger partial charge in [0.05, 0.1) is 36.7 Å². The van der Waals surface area contributed by atoms with Crippen molar-refractivity contribution < 1.29 is 14.6 Å². The van der Waals surface area contributed by atoms with E-state index >= 15 is 0 Å². The smallest absolute Gasteiger partial charge is 0.257 e. The van der Waals surface area contributed by atoms with Crippen LogP contribution in [0.3, 0.4) is 0 Å². The van der Waals surface area contributed by atoms with Crippen LogP contribution < -0.4 is 0 Å². The quantitative estimate of drug-likeness (QED) is 0.782. The predicted molar refractivity (Wildman–Crippen MR) is 67.9 cm³/mol. The SMILES string of the molecule is COCCN(CCO)C(=O)c1cnn2ccncc12. The van der Waals surface area contributed by atoms with Crippen LogP contribution >= 0.6 is 0 Å². The normalized spacial score (nSPS) is 10.8. The molecule has 0 atom stereocenters. The maximum Gasteiger partial charge on any atom is 0.257 e. The molecule has 2 aromatic heterocycles. The zero-order valence-corrected chi connectivity index (χ0v) is 10.7. The molecule has 19 heavy (non-hydrogen) atoms. The third-order valence-electron chi connectivity index (χ3n) is 2.78. The predicted octanol–water partition coefficient (Wildman–Crippen LogP) is -0.190. The Morgan fingerprint density at radius 1 is 1.47 bits per heavy atom. The molecule has 2 heterocycles. The molecular formula is C12H16N4O3. The van der Waals surface area contributed by atoms with Crippen LogP contribution in [-0.4, -0.2) is 63.9 Å². The Bertz CT molecular complexity index is 555. The molecule has 0 bridgehead atoms. The van der Waals surface area contributed by atoms with Crippen LogP contribution in [-0.2, 0) is 4.74 Å². The summed E-state index contributed by atoms with van der Waals surface area (Å²) in [5.41, 5.74) is 1.12. The average Bonchev–Trinajstić information content (AvgIpc) is 2.86. The first-order chi connectivity index (χ1) is 9.27. The van der Waals surface area contributed by atoms with Crippen molar-refractivity contribution in [1.29, 1.82) is 0 Å². The standard InChI is InChI=1S/C12H16N4O3/c1-19-7-5-15(4-6-17)12(18)10-8-14-16-3-2-13-9-11(10)16/h2-3,8-9,17H,4-7H2,1H3. The van der Waals surface area contributed by atoms with E-state index in [1.165, 1.54) is 11.1 Å². The first-order valence-electron chi connectivity index (χ1n) is 5.94. The largest absolute Gasteiger partial charge is 0.395 e. The summed E-state index contributed by atoms with van der Waals surface area (Å²) >= 11 is 0. The highest BCUT2D eigenvalue weighted by atomic mass is 16.5. The fourth-order valence-electron chi connectivity index (χ4n) is 1.81. The molecule has 0 aromatic carbocycles. The van der Waals surface area contributed by atoms with Crippen molar-refractivity contribution in [1.82, 2.24) is 19.5 Å². The van der Waals surface area contributed by atoms with Crippen molar-refractivity contribution in [3.8, 4) is 0 Å². The molecule has 7 heteroatoms. The second-order valence-corrected chi connectivity index (χ2v) is 3.97. The summed E-state index contributed by atoms with van der Waals surface area (Å²) in [7, 11) is 1.57. The maximum atomic E-state index is 12.4. The first kappa shape index (κ1) is 13.4. The summed E-state index contributed by atoms with van der Waals surface area (Å²) in [5.74, 6) is -0.186. The number of aliphatic hydroxyl groups is 1. The number of amides is 1. The lowest BCUT2D eigenvalue weighted by Gasteiger charge is -2.20. The average molecular weight is 264 g/mol. The molecule has 1 N–H and O–H groups in total. The summed E-state index contributed by atoms with van der Waals surface area (Å²) in [6, 6.07) is 0. The van der Waals surface area contributed by atoms with E-state index in [1.807, 2.05) is 0 Å². The minimum absolute atomic E-state index is 0.0904. The summed E-state index contributed by atoms with van der Waals surface area (Å²) in [6.07, 6.45) is 6.38. The molecule has 0 saturated carbocycles. The van der Waals surface area contributed by atoms with Crippen LogP contribution in [0.5, 0.6) is 0 Å². The van der Waals surface area contributed by atoms with Gasteiger partial charge in [0.15, 0.2) is 0 Å². The number of methoxy groups -OCH3 is 1. The summed E-state index contributed by atoms with van der Waals surface area (Å²) in [5, 5.41) is 13.1. The summed E-state index contributed by atoms with van der Waals surface area (Å²) < 4.78 is 6.56. The van der Waals surface area contributed by atoms with Crippen molar-refractivity contribution in [2.24, 2.45) is 0 Å². The van der Waals surface area contributed by atoms with Crippen LogP contribution in [0.1, 0.15) is 10.4 Å². The number of nitrogens with zero attached hydrogens (tertiary/aromatic N) is 4. The van der Waals surface area contributed by atoms with E-state index in [0.29, 0.717) is 24.2 Å². The van der Waals surface area contributed by atoms with Crippen molar-refractivity contribution >= 4 is 11.4 Å². The maximum absolute atomic E-state index is 12.4. The lowest BCUT2D eigenvalue weighted by Crippen LogP contribution is -2.36. The van der Waals surface area contributed by atoms with Gasteiger partial charge in [0.25, 0.3) is 5.91 Å². The Morgan fingerprint density at radius 2 is 2.32 bits per heavy atom. The number of hydrogen-bond acceptors (Lipinski definition) is 5. The number of rotatable bonds is 6. The Hall–Kier alpha value is -1.99. The molecule has 0 saturated heterocycles. The molecule has 0 aliphatic heterocycles. The monoisotopic (exact) mass is 264 g/mol.